The Bertz CT molecular complexity index is 319. The van der Waals surface area contributed by atoms with Crippen molar-refractivity contribution >= 4 is 15.9 Å². The fourth-order valence-corrected chi connectivity index (χ4v) is 6.39. The molecule has 0 aromatic rings. The Morgan fingerprint density at radius 1 is 1.16 bits per heavy atom. The van der Waals surface area contributed by atoms with Crippen LogP contribution in [0.1, 0.15) is 51.9 Å². The van der Waals surface area contributed by atoms with E-state index in [0.29, 0.717) is 17.8 Å². The van der Waals surface area contributed by atoms with Gasteiger partial charge in [0.05, 0.1) is 12.3 Å². The van der Waals surface area contributed by atoms with E-state index in [1.54, 1.807) is 0 Å². The Morgan fingerprint density at radius 3 is 2.42 bits per heavy atom. The maximum absolute atomic E-state index is 12.2. The van der Waals surface area contributed by atoms with E-state index in [4.69, 9.17) is 4.74 Å². The monoisotopic (exact) mass is 332 g/mol. The third kappa shape index (κ3) is 2.29. The van der Waals surface area contributed by atoms with Gasteiger partial charge in [-0.3, -0.25) is 4.39 Å². The molecular formula is C16H26BrFO. The summed E-state index contributed by atoms with van der Waals surface area (Å²) in [5.74, 6) is 2.41. The van der Waals surface area contributed by atoms with Gasteiger partial charge in [0.2, 0.25) is 0 Å². The molecule has 0 saturated heterocycles. The SMILES string of the molecule is CC1C2(CBr)CC3CC(C2)CC1(OCCCCF)C3. The van der Waals surface area contributed by atoms with Gasteiger partial charge in [0.15, 0.2) is 0 Å². The summed E-state index contributed by atoms with van der Waals surface area (Å²) in [5, 5.41) is 1.13. The summed E-state index contributed by atoms with van der Waals surface area (Å²) in [6.45, 7) is 2.96. The summed E-state index contributed by atoms with van der Waals surface area (Å²) in [7, 11) is 0. The molecule has 0 heterocycles. The zero-order valence-corrected chi connectivity index (χ0v) is 13.6. The van der Waals surface area contributed by atoms with E-state index in [-0.39, 0.29) is 12.3 Å². The molecular weight excluding hydrogens is 307 g/mol. The topological polar surface area (TPSA) is 9.23 Å². The molecule has 4 rings (SSSR count). The third-order valence-electron chi connectivity index (χ3n) is 6.22. The van der Waals surface area contributed by atoms with E-state index in [2.05, 4.69) is 22.9 Å². The minimum absolute atomic E-state index is 0.119. The Balaban J connectivity index is 1.73. The number of halogens is 2. The van der Waals surface area contributed by atoms with Crippen LogP contribution in [0.15, 0.2) is 0 Å². The maximum atomic E-state index is 12.2. The van der Waals surface area contributed by atoms with Gasteiger partial charge in [0.1, 0.15) is 0 Å². The molecule has 3 atom stereocenters. The van der Waals surface area contributed by atoms with E-state index in [1.165, 1.54) is 32.1 Å². The predicted octanol–water partition coefficient (Wildman–Crippen LogP) is 4.73. The van der Waals surface area contributed by atoms with Crippen molar-refractivity contribution in [1.29, 1.82) is 0 Å². The second kappa shape index (κ2) is 5.29. The first-order valence-corrected chi connectivity index (χ1v) is 9.02. The fraction of sp³-hybridized carbons (Fsp3) is 1.00. The van der Waals surface area contributed by atoms with Crippen molar-refractivity contribution in [3.05, 3.63) is 0 Å². The molecule has 19 heavy (non-hydrogen) atoms. The van der Waals surface area contributed by atoms with Crippen LogP contribution in [-0.2, 0) is 4.74 Å². The molecule has 4 aliphatic carbocycles. The summed E-state index contributed by atoms with van der Waals surface area (Å²) in [5.41, 5.74) is 0.596. The number of hydrogen-bond acceptors (Lipinski definition) is 1. The normalized spacial score (nSPS) is 47.8. The van der Waals surface area contributed by atoms with Gasteiger partial charge in [0.25, 0.3) is 0 Å². The minimum Gasteiger partial charge on any atom is -0.375 e. The summed E-state index contributed by atoms with van der Waals surface area (Å²) in [6, 6.07) is 0. The first-order valence-electron chi connectivity index (χ1n) is 7.90. The van der Waals surface area contributed by atoms with Crippen LogP contribution in [0, 0.1) is 23.2 Å². The van der Waals surface area contributed by atoms with Gasteiger partial charge in [-0.05, 0) is 68.1 Å². The molecule has 0 aromatic carbocycles. The van der Waals surface area contributed by atoms with E-state index < -0.39 is 0 Å². The zero-order chi connectivity index (χ0) is 13.5. The molecule has 4 bridgehead atoms. The highest BCUT2D eigenvalue weighted by atomic mass is 79.9. The minimum atomic E-state index is -0.206. The van der Waals surface area contributed by atoms with Crippen molar-refractivity contribution in [2.75, 3.05) is 18.6 Å². The van der Waals surface area contributed by atoms with Crippen molar-refractivity contribution in [1.82, 2.24) is 0 Å². The molecule has 3 unspecified atom stereocenters. The van der Waals surface area contributed by atoms with Crippen LogP contribution in [-0.4, -0.2) is 24.2 Å². The number of rotatable bonds is 6. The molecule has 4 saturated carbocycles. The lowest BCUT2D eigenvalue weighted by Gasteiger charge is -2.65. The van der Waals surface area contributed by atoms with Gasteiger partial charge in [-0.2, -0.15) is 0 Å². The summed E-state index contributed by atoms with van der Waals surface area (Å²) in [6.07, 6.45) is 8.26. The van der Waals surface area contributed by atoms with Gasteiger partial charge in [0, 0.05) is 11.9 Å². The predicted molar refractivity (Wildman–Crippen MR) is 79.3 cm³/mol. The smallest absolute Gasteiger partial charge is 0.0895 e. The third-order valence-corrected chi connectivity index (χ3v) is 7.33. The Hall–Kier alpha value is 0.370. The van der Waals surface area contributed by atoms with Gasteiger partial charge in [-0.25, -0.2) is 0 Å². The molecule has 1 nitrogen and oxygen atoms in total. The van der Waals surface area contributed by atoms with Crippen LogP contribution < -0.4 is 0 Å². The number of alkyl halides is 2. The Labute approximate surface area is 124 Å². The second-order valence-corrected chi connectivity index (χ2v) is 7.87. The number of ether oxygens (including phenoxy) is 1. The fourth-order valence-electron chi connectivity index (χ4n) is 5.45. The molecule has 0 aromatic heterocycles. The average Bonchev–Trinajstić information content (AvgIpc) is 2.40. The number of hydrogen-bond donors (Lipinski definition) is 0. The largest absolute Gasteiger partial charge is 0.375 e. The highest BCUT2D eigenvalue weighted by Gasteiger charge is 2.62. The lowest BCUT2D eigenvalue weighted by Crippen LogP contribution is -2.63. The van der Waals surface area contributed by atoms with E-state index in [0.717, 1.165) is 30.2 Å². The number of unbranched alkanes of at least 4 members (excludes halogenated alkanes) is 1. The van der Waals surface area contributed by atoms with Crippen LogP contribution in [0.4, 0.5) is 4.39 Å². The van der Waals surface area contributed by atoms with Crippen LogP contribution in [0.25, 0.3) is 0 Å². The van der Waals surface area contributed by atoms with Crippen LogP contribution in [0.3, 0.4) is 0 Å². The Kier molecular flexibility index (Phi) is 3.98. The molecule has 4 aliphatic rings. The summed E-state index contributed by atoms with van der Waals surface area (Å²) < 4.78 is 18.6. The van der Waals surface area contributed by atoms with Gasteiger partial charge in [-0.1, -0.05) is 22.9 Å². The van der Waals surface area contributed by atoms with Gasteiger partial charge >= 0.3 is 0 Å². The molecule has 0 amide bonds. The molecule has 4 fully saturated rings. The quantitative estimate of drug-likeness (QED) is 0.504. The van der Waals surface area contributed by atoms with E-state index in [1.807, 2.05) is 0 Å². The van der Waals surface area contributed by atoms with Crippen molar-refractivity contribution in [2.24, 2.45) is 23.2 Å². The van der Waals surface area contributed by atoms with E-state index in [9.17, 15) is 4.39 Å². The second-order valence-electron chi connectivity index (χ2n) is 7.31. The molecule has 110 valence electrons. The standard InChI is InChI=1S/C16H26BrFO/c1-12-15(11-17)7-13-6-14(8-15)10-16(12,9-13)19-5-3-2-4-18/h12-14H,2-11H2,1H3. The first-order chi connectivity index (χ1) is 9.14. The van der Waals surface area contributed by atoms with Crippen molar-refractivity contribution in [2.45, 2.75) is 57.5 Å². The highest BCUT2D eigenvalue weighted by molar-refractivity contribution is 9.09. The van der Waals surface area contributed by atoms with Crippen LogP contribution >= 0.6 is 15.9 Å². The lowest BCUT2D eigenvalue weighted by atomic mass is 9.44. The first kappa shape index (κ1) is 14.3. The van der Waals surface area contributed by atoms with Gasteiger partial charge < -0.3 is 4.74 Å². The molecule has 3 heteroatoms. The lowest BCUT2D eigenvalue weighted by molar-refractivity contribution is -0.225. The van der Waals surface area contributed by atoms with Crippen LogP contribution in [0.5, 0.6) is 0 Å². The van der Waals surface area contributed by atoms with Gasteiger partial charge in [-0.15, -0.1) is 0 Å². The highest BCUT2D eigenvalue weighted by Crippen LogP contribution is 2.65. The van der Waals surface area contributed by atoms with Crippen LogP contribution in [0.2, 0.25) is 0 Å². The average molecular weight is 333 g/mol. The molecule has 0 aliphatic heterocycles. The van der Waals surface area contributed by atoms with Crippen molar-refractivity contribution < 1.29 is 9.13 Å². The maximum Gasteiger partial charge on any atom is 0.0895 e. The van der Waals surface area contributed by atoms with Crippen molar-refractivity contribution in [3.63, 3.8) is 0 Å². The van der Waals surface area contributed by atoms with Crippen molar-refractivity contribution in [3.8, 4) is 0 Å². The summed E-state index contributed by atoms with van der Waals surface area (Å²) in [4.78, 5) is 0. The molecule has 0 radical (unpaired) electrons. The summed E-state index contributed by atoms with van der Waals surface area (Å²) >= 11 is 3.79. The Morgan fingerprint density at radius 2 is 1.84 bits per heavy atom. The molecule has 0 spiro atoms. The zero-order valence-electron chi connectivity index (χ0n) is 12.0. The van der Waals surface area contributed by atoms with E-state index >= 15 is 0 Å². The molecule has 0 N–H and O–H groups in total.